The number of para-hydroxylation sites is 2. The average molecular weight is 282 g/mol. The van der Waals surface area contributed by atoms with Gasteiger partial charge < -0.3 is 0 Å². The third-order valence-electron chi connectivity index (χ3n) is 4.50. The third kappa shape index (κ3) is 1.32. The highest BCUT2D eigenvalue weighted by molar-refractivity contribution is 6.15. The second kappa shape index (κ2) is 4.08. The Labute approximate surface area is 127 Å². The summed E-state index contributed by atoms with van der Waals surface area (Å²) in [5.74, 6) is 0. The lowest BCUT2D eigenvalue weighted by molar-refractivity contribution is 1.20. The van der Waals surface area contributed by atoms with Crippen LogP contribution in [0.3, 0.4) is 0 Å². The standard InChI is InChI=1S/C20H14N2/c1-2-17-14-9-5-7-13-8-6-10-15(19(13)14)20-21-16-11-3-4-12-18(16)22(17)20/h2-12H,1H3. The number of pyridine rings is 1. The van der Waals surface area contributed by atoms with Gasteiger partial charge in [-0.1, -0.05) is 54.6 Å². The molecule has 22 heavy (non-hydrogen) atoms. The molecular weight excluding hydrogens is 268 g/mol. The average Bonchev–Trinajstić information content (AvgIpc) is 2.95. The fraction of sp³-hybridized carbons (Fsp3) is 0.0500. The molecule has 0 saturated carbocycles. The summed E-state index contributed by atoms with van der Waals surface area (Å²) in [4.78, 5) is 4.90. The first-order valence-corrected chi connectivity index (χ1v) is 7.55. The summed E-state index contributed by atoms with van der Waals surface area (Å²) in [5, 5.41) is 6.29. The number of aromatic nitrogens is 2. The van der Waals surface area contributed by atoms with Crippen LogP contribution in [-0.2, 0) is 0 Å². The van der Waals surface area contributed by atoms with Crippen molar-refractivity contribution in [2.45, 2.75) is 6.92 Å². The van der Waals surface area contributed by atoms with E-state index in [1.165, 1.54) is 26.9 Å². The first-order valence-electron chi connectivity index (χ1n) is 7.55. The van der Waals surface area contributed by atoms with E-state index in [0.29, 0.717) is 0 Å². The smallest absolute Gasteiger partial charge is 0.146 e. The van der Waals surface area contributed by atoms with Crippen molar-refractivity contribution in [3.63, 3.8) is 0 Å². The van der Waals surface area contributed by atoms with Crippen LogP contribution in [0.4, 0.5) is 0 Å². The van der Waals surface area contributed by atoms with E-state index in [-0.39, 0.29) is 0 Å². The van der Waals surface area contributed by atoms with Crippen LogP contribution in [0.5, 0.6) is 0 Å². The molecule has 0 unspecified atom stereocenters. The van der Waals surface area contributed by atoms with Crippen molar-refractivity contribution in [2.75, 3.05) is 0 Å². The minimum absolute atomic E-state index is 1.04. The number of benzene rings is 3. The number of rotatable bonds is 0. The molecule has 0 radical (unpaired) electrons. The van der Waals surface area contributed by atoms with Gasteiger partial charge in [0.2, 0.25) is 0 Å². The minimum atomic E-state index is 1.04. The van der Waals surface area contributed by atoms with Crippen LogP contribution in [0.1, 0.15) is 6.92 Å². The van der Waals surface area contributed by atoms with Gasteiger partial charge in [0.05, 0.1) is 16.4 Å². The molecule has 0 aliphatic rings. The van der Waals surface area contributed by atoms with E-state index in [9.17, 15) is 0 Å². The molecule has 0 atom stereocenters. The monoisotopic (exact) mass is 282 g/mol. The molecule has 0 saturated heterocycles. The molecule has 3 aromatic carbocycles. The Morgan fingerprint density at radius 3 is 2.45 bits per heavy atom. The Morgan fingerprint density at radius 2 is 1.64 bits per heavy atom. The van der Waals surface area contributed by atoms with Gasteiger partial charge in [-0.05, 0) is 24.4 Å². The Morgan fingerprint density at radius 1 is 0.864 bits per heavy atom. The van der Waals surface area contributed by atoms with Crippen molar-refractivity contribution >= 4 is 44.3 Å². The highest BCUT2D eigenvalue weighted by Crippen LogP contribution is 2.29. The predicted octanol–water partition coefficient (Wildman–Crippen LogP) is 4.31. The molecule has 0 aliphatic heterocycles. The van der Waals surface area contributed by atoms with Crippen LogP contribution >= 0.6 is 0 Å². The SMILES string of the molecule is CC=c1c2cccc3cccc(c32)c2nc3ccccc3n12. The topological polar surface area (TPSA) is 17.3 Å². The van der Waals surface area contributed by atoms with E-state index in [4.69, 9.17) is 4.98 Å². The first-order chi connectivity index (χ1) is 10.9. The summed E-state index contributed by atoms with van der Waals surface area (Å²) in [5.41, 5.74) is 3.25. The molecular formula is C20H14N2. The summed E-state index contributed by atoms with van der Waals surface area (Å²) in [6.45, 7) is 2.10. The first kappa shape index (κ1) is 11.8. The molecule has 2 heterocycles. The van der Waals surface area contributed by atoms with Gasteiger partial charge in [0, 0.05) is 16.2 Å². The van der Waals surface area contributed by atoms with Gasteiger partial charge in [0.15, 0.2) is 0 Å². The van der Waals surface area contributed by atoms with Crippen molar-refractivity contribution in [1.29, 1.82) is 0 Å². The zero-order valence-corrected chi connectivity index (χ0v) is 12.2. The molecule has 5 rings (SSSR count). The van der Waals surface area contributed by atoms with Crippen molar-refractivity contribution in [1.82, 2.24) is 9.38 Å². The summed E-state index contributed by atoms with van der Waals surface area (Å²) in [6.07, 6.45) is 2.18. The lowest BCUT2D eigenvalue weighted by atomic mass is 10.0. The minimum Gasteiger partial charge on any atom is -0.292 e. The fourth-order valence-electron chi connectivity index (χ4n) is 3.60. The van der Waals surface area contributed by atoms with E-state index in [2.05, 4.69) is 72.0 Å². The van der Waals surface area contributed by atoms with Crippen LogP contribution in [0, 0.1) is 0 Å². The van der Waals surface area contributed by atoms with Crippen LogP contribution in [0.2, 0.25) is 0 Å². The highest BCUT2D eigenvalue weighted by Gasteiger charge is 2.12. The van der Waals surface area contributed by atoms with E-state index < -0.39 is 0 Å². The van der Waals surface area contributed by atoms with Gasteiger partial charge in [0.25, 0.3) is 0 Å². The molecule has 5 aromatic rings. The van der Waals surface area contributed by atoms with E-state index in [0.717, 1.165) is 16.7 Å². The van der Waals surface area contributed by atoms with Gasteiger partial charge in [0.1, 0.15) is 5.65 Å². The quantitative estimate of drug-likeness (QED) is 0.413. The lowest BCUT2D eigenvalue weighted by Gasteiger charge is -2.09. The molecule has 0 fully saturated rings. The Balaban J connectivity index is 2.29. The number of imidazole rings is 1. The number of hydrogen-bond acceptors (Lipinski definition) is 1. The lowest BCUT2D eigenvalue weighted by Crippen LogP contribution is -2.14. The molecule has 2 nitrogen and oxygen atoms in total. The van der Waals surface area contributed by atoms with Gasteiger partial charge in [-0.3, -0.25) is 4.40 Å². The van der Waals surface area contributed by atoms with E-state index in [1.54, 1.807) is 0 Å². The molecule has 0 amide bonds. The third-order valence-corrected chi connectivity index (χ3v) is 4.50. The fourth-order valence-corrected chi connectivity index (χ4v) is 3.60. The predicted molar refractivity (Wildman–Crippen MR) is 93.1 cm³/mol. The van der Waals surface area contributed by atoms with Crippen LogP contribution in [0.25, 0.3) is 44.3 Å². The van der Waals surface area contributed by atoms with Gasteiger partial charge in [-0.25, -0.2) is 4.98 Å². The number of nitrogens with zero attached hydrogens (tertiary/aromatic N) is 2. The molecule has 104 valence electrons. The summed E-state index contributed by atoms with van der Waals surface area (Å²) < 4.78 is 2.28. The maximum Gasteiger partial charge on any atom is 0.146 e. The number of fused-ring (bicyclic) bond motifs is 4. The number of hydrogen-bond donors (Lipinski definition) is 0. The molecule has 0 aliphatic carbocycles. The molecule has 0 spiro atoms. The van der Waals surface area contributed by atoms with Crippen molar-refractivity contribution < 1.29 is 0 Å². The maximum atomic E-state index is 4.90. The Hall–Kier alpha value is -2.87. The Bertz CT molecular complexity index is 1220. The van der Waals surface area contributed by atoms with Gasteiger partial charge in [-0.2, -0.15) is 0 Å². The van der Waals surface area contributed by atoms with Crippen molar-refractivity contribution in [3.05, 3.63) is 66.0 Å². The summed E-state index contributed by atoms with van der Waals surface area (Å²) in [7, 11) is 0. The summed E-state index contributed by atoms with van der Waals surface area (Å²) in [6, 6.07) is 21.3. The Kier molecular flexibility index (Phi) is 2.18. The van der Waals surface area contributed by atoms with Crippen molar-refractivity contribution in [2.24, 2.45) is 0 Å². The van der Waals surface area contributed by atoms with Crippen molar-refractivity contribution in [3.8, 4) is 0 Å². The zero-order chi connectivity index (χ0) is 14.7. The highest BCUT2D eigenvalue weighted by atomic mass is 15.0. The van der Waals surface area contributed by atoms with Gasteiger partial charge >= 0.3 is 0 Å². The molecule has 2 aromatic heterocycles. The molecule has 2 heteroatoms. The second-order valence-electron chi connectivity index (χ2n) is 5.64. The zero-order valence-electron chi connectivity index (χ0n) is 12.2. The maximum absolute atomic E-state index is 4.90. The van der Waals surface area contributed by atoms with Gasteiger partial charge in [-0.15, -0.1) is 0 Å². The summed E-state index contributed by atoms with van der Waals surface area (Å²) >= 11 is 0. The van der Waals surface area contributed by atoms with Crippen LogP contribution in [-0.4, -0.2) is 9.38 Å². The van der Waals surface area contributed by atoms with Crippen LogP contribution in [0.15, 0.2) is 60.7 Å². The molecule has 0 bridgehead atoms. The van der Waals surface area contributed by atoms with E-state index >= 15 is 0 Å². The normalized spacial score (nSPS) is 13.0. The second-order valence-corrected chi connectivity index (χ2v) is 5.64. The van der Waals surface area contributed by atoms with E-state index in [1.807, 2.05) is 6.07 Å². The molecule has 0 N–H and O–H groups in total. The van der Waals surface area contributed by atoms with Crippen LogP contribution < -0.4 is 5.35 Å². The largest absolute Gasteiger partial charge is 0.292 e.